The summed E-state index contributed by atoms with van der Waals surface area (Å²) in [5.41, 5.74) is 8.85. The van der Waals surface area contributed by atoms with Gasteiger partial charge in [-0.1, -0.05) is 0 Å². The van der Waals surface area contributed by atoms with E-state index < -0.39 is 47.2 Å². The van der Waals surface area contributed by atoms with Crippen LogP contribution < -0.4 is 15.2 Å². The summed E-state index contributed by atoms with van der Waals surface area (Å²) in [7, 11) is -6.92. The molecule has 0 heterocycles. The number of hydrogen-bond acceptors (Lipinski definition) is 11. The summed E-state index contributed by atoms with van der Waals surface area (Å²) in [6, 6.07) is 10.7. The zero-order valence-electron chi connectivity index (χ0n) is 21.4. The number of nitrogen functional groups attached to an aromatic ring is 1. The van der Waals surface area contributed by atoms with Crippen molar-refractivity contribution in [2.75, 3.05) is 20.0 Å². The zero-order valence-corrected chi connectivity index (χ0v) is 24.0. The molecule has 0 spiro atoms. The van der Waals surface area contributed by atoms with Crippen LogP contribution in [0.2, 0.25) is 0 Å². The molecule has 0 radical (unpaired) electrons. The minimum absolute atomic E-state index is 0.0745. The average molecular weight is 667 g/mol. The third-order valence-corrected chi connectivity index (χ3v) is 7.74. The van der Waals surface area contributed by atoms with Crippen molar-refractivity contribution in [3.8, 4) is 23.0 Å². The van der Waals surface area contributed by atoms with Gasteiger partial charge in [-0.2, -0.15) is 0 Å². The fraction of sp³-hybridized carbons (Fsp3) is 0.0833. The van der Waals surface area contributed by atoms with Crippen molar-refractivity contribution in [3.05, 3.63) is 60.0 Å². The number of anilines is 1. The van der Waals surface area contributed by atoms with Crippen LogP contribution in [-0.2, 0) is 36.1 Å². The molecule has 4 aromatic rings. The Hall–Kier alpha value is -4.32. The first-order valence-corrected chi connectivity index (χ1v) is 14.6. The number of ether oxygens (including phenoxy) is 2. The molecule has 0 bridgehead atoms. The van der Waals surface area contributed by atoms with Gasteiger partial charge in [0.15, 0.2) is 0 Å². The summed E-state index contributed by atoms with van der Waals surface area (Å²) in [5.74, 6) is -0.859. The monoisotopic (exact) mass is 666 g/mol. The maximum absolute atomic E-state index is 12.2. The quantitative estimate of drug-likeness (QED) is 0.0537. The molecule has 6 N–H and O–H groups in total. The number of phenols is 2. The Morgan fingerprint density at radius 3 is 2.17 bits per heavy atom. The van der Waals surface area contributed by atoms with Crippen LogP contribution in [0.5, 0.6) is 23.0 Å². The van der Waals surface area contributed by atoms with E-state index in [9.17, 15) is 36.2 Å². The molecule has 18 heteroatoms. The number of fused-ring (bicyclic) bond motifs is 1. The van der Waals surface area contributed by atoms with E-state index in [0.29, 0.717) is 0 Å². The number of rotatable bonds is 9. The Morgan fingerprint density at radius 2 is 1.55 bits per heavy atom. The maximum atomic E-state index is 12.2. The number of hydrogen-bond donors (Lipinski definition) is 5. The molecule has 15 nitrogen and oxygen atoms in total. The van der Waals surface area contributed by atoms with Crippen LogP contribution >= 0.6 is 0 Å². The van der Waals surface area contributed by atoms with E-state index >= 15 is 0 Å². The van der Waals surface area contributed by atoms with Gasteiger partial charge in [0.2, 0.25) is 0 Å². The molecule has 0 aliphatic carbocycles. The molecule has 0 atom stereocenters. The van der Waals surface area contributed by atoms with Crippen LogP contribution in [0.25, 0.3) is 16.2 Å². The van der Waals surface area contributed by atoms with Crippen molar-refractivity contribution < 1.29 is 65.1 Å². The van der Waals surface area contributed by atoms with Gasteiger partial charge in [0, 0.05) is 0 Å². The van der Waals surface area contributed by atoms with Crippen LogP contribution in [0.1, 0.15) is 0 Å². The van der Waals surface area contributed by atoms with Gasteiger partial charge < -0.3 is 0 Å². The Labute approximate surface area is 246 Å². The zero-order chi connectivity index (χ0) is 31.0. The number of methoxy groups -OCH3 is 2. The molecule has 0 saturated carbocycles. The van der Waals surface area contributed by atoms with E-state index in [1.54, 1.807) is 0 Å². The molecule has 0 aromatic heterocycles. The average Bonchev–Trinajstić information content (AvgIpc) is 2.91. The van der Waals surface area contributed by atoms with Gasteiger partial charge in [-0.15, -0.1) is 0 Å². The number of aromatic hydroxyl groups is 2. The van der Waals surface area contributed by atoms with Crippen molar-refractivity contribution >= 4 is 59.4 Å². The number of nitrogens with two attached hydrogens (primary N) is 1. The van der Waals surface area contributed by atoms with E-state index in [1.165, 1.54) is 44.6 Å². The second-order valence-corrected chi connectivity index (χ2v) is 11.6. The summed E-state index contributed by atoms with van der Waals surface area (Å²) in [6.45, 7) is 0. The molecule has 0 amide bonds. The van der Waals surface area contributed by atoms with Crippen molar-refractivity contribution in [2.24, 2.45) is 10.2 Å². The van der Waals surface area contributed by atoms with Gasteiger partial charge in [0.05, 0.1) is 0 Å². The van der Waals surface area contributed by atoms with Crippen molar-refractivity contribution in [3.63, 3.8) is 0 Å². The predicted octanol–water partition coefficient (Wildman–Crippen LogP) is 4.75. The van der Waals surface area contributed by atoms with Crippen LogP contribution in [0.3, 0.4) is 0 Å². The normalized spacial score (nSPS) is 12.0. The summed E-state index contributed by atoms with van der Waals surface area (Å²) < 4.78 is 78.0. The first kappa shape index (κ1) is 30.6. The molecule has 225 valence electrons. The molecular formula is C24H21CuN5O10S2. The number of phenolic OH excluding ortho intramolecular Hbond substituents is 2. The predicted molar refractivity (Wildman–Crippen MR) is 144 cm³/mol. The third-order valence-electron chi connectivity index (χ3n) is 5.70. The SMILES string of the molecule is COc1cc(N=Nc2c(S(=O)(=O)O)cc3cc(N)ccc3c2O)c([N+](=[Cu])[N-]c2cc(S(=O)(=O)O)ccc2O)cc1OC. The molecular weight excluding hydrogens is 646 g/mol. The van der Waals surface area contributed by atoms with Crippen molar-refractivity contribution in [2.45, 2.75) is 9.79 Å². The van der Waals surface area contributed by atoms with Crippen molar-refractivity contribution in [1.82, 2.24) is 0 Å². The fourth-order valence-corrected chi connectivity index (χ4v) is 5.15. The minimum atomic E-state index is -4.92. The Kier molecular flexibility index (Phi) is 8.40. The molecule has 0 unspecified atom stereocenters. The third kappa shape index (κ3) is 6.28. The van der Waals surface area contributed by atoms with Gasteiger partial charge in [-0.3, -0.25) is 0 Å². The van der Waals surface area contributed by atoms with Crippen LogP contribution in [0.4, 0.5) is 28.4 Å². The van der Waals surface area contributed by atoms with E-state index in [4.69, 9.17) is 31.0 Å². The fourth-order valence-electron chi connectivity index (χ4n) is 3.72. The molecule has 0 saturated heterocycles. The second-order valence-electron chi connectivity index (χ2n) is 8.38. The first-order chi connectivity index (χ1) is 19.6. The molecule has 0 aliphatic rings. The number of azo groups is 1. The van der Waals surface area contributed by atoms with Gasteiger partial charge in [-0.05, 0) is 0 Å². The van der Waals surface area contributed by atoms with Gasteiger partial charge in [0.25, 0.3) is 0 Å². The number of nitrogens with zero attached hydrogens (tertiary/aromatic N) is 4. The summed E-state index contributed by atoms with van der Waals surface area (Å²) in [5, 5.41) is 29.3. The van der Waals surface area contributed by atoms with Crippen LogP contribution in [-0.4, -0.2) is 54.0 Å². The first-order valence-electron chi connectivity index (χ1n) is 11.3. The summed E-state index contributed by atoms with van der Waals surface area (Å²) >= 11 is 5.52. The van der Waals surface area contributed by atoms with Crippen LogP contribution in [0, 0.1) is 0 Å². The number of benzene rings is 4. The summed E-state index contributed by atoms with van der Waals surface area (Å²) in [4.78, 5) is -1.34. The molecule has 4 rings (SSSR count). The van der Waals surface area contributed by atoms with E-state index in [0.717, 1.165) is 27.9 Å². The van der Waals surface area contributed by atoms with E-state index in [-0.39, 0.29) is 45.0 Å². The Balaban J connectivity index is 1.88. The molecule has 4 aromatic carbocycles. The standard InChI is InChI=1S/C24H21N5O10S2.Cu/c1-38-20-10-16(26-28-18-9-14(40(32,33)34)4-6-19(18)30)17(11-21(20)39-2)27-29-23-22(41(35,36)37)8-12-7-13(25)3-5-15(12)24(23)31;/h3-11,30-31H,25H2,1-2H3,(H,32,33,34)(H,35,36,37);. The van der Waals surface area contributed by atoms with E-state index in [2.05, 4.69) is 15.7 Å². The Morgan fingerprint density at radius 1 is 0.881 bits per heavy atom. The second kappa shape index (κ2) is 11.5. The van der Waals surface area contributed by atoms with Gasteiger partial charge in [-0.25, -0.2) is 0 Å². The molecule has 42 heavy (non-hydrogen) atoms. The van der Waals surface area contributed by atoms with E-state index in [1.807, 2.05) is 0 Å². The van der Waals surface area contributed by atoms with Gasteiger partial charge >= 0.3 is 248 Å². The Bertz CT molecular complexity index is 2000. The summed E-state index contributed by atoms with van der Waals surface area (Å²) in [6.07, 6.45) is 0. The molecule has 0 aliphatic heterocycles. The van der Waals surface area contributed by atoms with Crippen LogP contribution in [0.15, 0.2) is 74.6 Å². The van der Waals surface area contributed by atoms with Crippen molar-refractivity contribution in [1.29, 1.82) is 0 Å². The van der Waals surface area contributed by atoms with Gasteiger partial charge in [0.1, 0.15) is 0 Å². The topological polar surface area (TPSA) is 236 Å². The molecule has 0 fully saturated rings.